The Balaban J connectivity index is 1.63. The molecule has 0 saturated heterocycles. The van der Waals surface area contributed by atoms with E-state index in [9.17, 15) is 20.4 Å². The predicted molar refractivity (Wildman–Crippen MR) is 128 cm³/mol. The molecule has 0 unspecified atom stereocenters. The first-order chi connectivity index (χ1) is 14.8. The second-order valence-corrected chi connectivity index (χ2v) is 12.7. The SMILES string of the molecule is C=C(CC[C@@H](C)[C@H]1CC[C@H]2C3=C[C@@H](O)[C@@]4(O)C[C@@H](O)CC[C@]4(C)[C@@]3(O)CC[C@]12C)C(C)C. The van der Waals surface area contributed by atoms with Crippen LogP contribution in [-0.4, -0.2) is 43.8 Å². The van der Waals surface area contributed by atoms with Crippen molar-refractivity contribution in [2.24, 2.45) is 34.5 Å². The number of hydrogen-bond donors (Lipinski definition) is 4. The first-order valence-electron chi connectivity index (χ1n) is 13.0. The van der Waals surface area contributed by atoms with Crippen molar-refractivity contribution in [1.82, 2.24) is 0 Å². The van der Waals surface area contributed by atoms with Gasteiger partial charge in [0.25, 0.3) is 0 Å². The molecule has 182 valence electrons. The molecule has 0 heterocycles. The Morgan fingerprint density at radius 2 is 1.75 bits per heavy atom. The fourth-order valence-corrected chi connectivity index (χ4v) is 8.38. The maximum Gasteiger partial charge on any atom is 0.105 e. The molecule has 3 fully saturated rings. The van der Waals surface area contributed by atoms with Crippen molar-refractivity contribution in [2.45, 2.75) is 116 Å². The molecule has 4 aliphatic carbocycles. The van der Waals surface area contributed by atoms with Crippen molar-refractivity contribution in [1.29, 1.82) is 0 Å². The lowest BCUT2D eigenvalue weighted by Crippen LogP contribution is -2.72. The zero-order valence-electron chi connectivity index (χ0n) is 20.9. The summed E-state index contributed by atoms with van der Waals surface area (Å²) in [7, 11) is 0. The highest BCUT2D eigenvalue weighted by Gasteiger charge is 2.71. The first-order valence-corrected chi connectivity index (χ1v) is 13.0. The van der Waals surface area contributed by atoms with Gasteiger partial charge < -0.3 is 20.4 Å². The standard InChI is InChI=1S/C28H46O4/c1-17(2)18(3)7-8-19(4)21-9-10-22-23-15-24(30)28(32)16-20(29)11-12-26(28,6)27(23,31)14-13-25(21,22)5/h15,17,19-22,24,29-32H,3,7-14,16H2,1-2,4-6H3/t19-,20+,21-,22+,24-,25-,26-,27-,28+/m1/s1. The van der Waals surface area contributed by atoms with Crippen LogP contribution >= 0.6 is 0 Å². The van der Waals surface area contributed by atoms with Gasteiger partial charge >= 0.3 is 0 Å². The molecule has 0 aliphatic heterocycles. The average Bonchev–Trinajstić information content (AvgIpc) is 3.07. The molecule has 4 rings (SSSR count). The normalized spacial score (nSPS) is 49.1. The summed E-state index contributed by atoms with van der Waals surface area (Å²) in [6.07, 6.45) is 7.30. The number of allylic oxidation sites excluding steroid dienone is 1. The minimum atomic E-state index is -1.49. The monoisotopic (exact) mass is 446 g/mol. The number of aliphatic hydroxyl groups excluding tert-OH is 2. The van der Waals surface area contributed by atoms with Crippen molar-refractivity contribution in [3.05, 3.63) is 23.8 Å². The van der Waals surface area contributed by atoms with Crippen LogP contribution < -0.4 is 0 Å². The zero-order chi connectivity index (χ0) is 23.7. The molecule has 0 spiro atoms. The van der Waals surface area contributed by atoms with E-state index in [1.807, 2.05) is 6.92 Å². The van der Waals surface area contributed by atoms with E-state index in [4.69, 9.17) is 0 Å². The van der Waals surface area contributed by atoms with Gasteiger partial charge in [0.1, 0.15) is 11.7 Å². The van der Waals surface area contributed by atoms with Gasteiger partial charge in [-0.1, -0.05) is 52.8 Å². The summed E-state index contributed by atoms with van der Waals surface area (Å²) in [6, 6.07) is 0. The van der Waals surface area contributed by atoms with Crippen LogP contribution in [0.3, 0.4) is 0 Å². The van der Waals surface area contributed by atoms with E-state index in [1.54, 1.807) is 6.08 Å². The van der Waals surface area contributed by atoms with E-state index in [2.05, 4.69) is 34.3 Å². The molecule has 3 saturated carbocycles. The van der Waals surface area contributed by atoms with Gasteiger partial charge in [0, 0.05) is 11.8 Å². The first kappa shape index (κ1) is 24.4. The smallest absolute Gasteiger partial charge is 0.105 e. The molecule has 4 heteroatoms. The summed E-state index contributed by atoms with van der Waals surface area (Å²) >= 11 is 0. The highest BCUT2D eigenvalue weighted by Crippen LogP contribution is 2.69. The molecule has 4 nitrogen and oxygen atoms in total. The number of aliphatic hydroxyl groups is 4. The second kappa shape index (κ2) is 7.93. The summed E-state index contributed by atoms with van der Waals surface area (Å²) < 4.78 is 0. The van der Waals surface area contributed by atoms with Crippen LogP contribution in [0, 0.1) is 34.5 Å². The van der Waals surface area contributed by atoms with Crippen molar-refractivity contribution in [3.63, 3.8) is 0 Å². The topological polar surface area (TPSA) is 80.9 Å². The van der Waals surface area contributed by atoms with Crippen LogP contribution in [0.4, 0.5) is 0 Å². The molecular weight excluding hydrogens is 400 g/mol. The molecule has 4 aliphatic rings. The maximum absolute atomic E-state index is 12.2. The summed E-state index contributed by atoms with van der Waals surface area (Å²) in [5.41, 5.74) is -1.03. The van der Waals surface area contributed by atoms with Crippen LogP contribution in [0.25, 0.3) is 0 Å². The van der Waals surface area contributed by atoms with Crippen LogP contribution in [-0.2, 0) is 0 Å². The quantitative estimate of drug-likeness (QED) is 0.459. The van der Waals surface area contributed by atoms with Gasteiger partial charge in [0.15, 0.2) is 0 Å². The summed E-state index contributed by atoms with van der Waals surface area (Å²) in [5.74, 6) is 1.96. The largest absolute Gasteiger partial charge is 0.393 e. The van der Waals surface area contributed by atoms with E-state index in [0.29, 0.717) is 37.0 Å². The Morgan fingerprint density at radius 1 is 1.06 bits per heavy atom. The third-order valence-electron chi connectivity index (χ3n) is 10.9. The molecule has 0 radical (unpaired) electrons. The van der Waals surface area contributed by atoms with Crippen LogP contribution in [0.15, 0.2) is 23.8 Å². The molecule has 4 N–H and O–H groups in total. The van der Waals surface area contributed by atoms with E-state index >= 15 is 0 Å². The lowest BCUT2D eigenvalue weighted by atomic mass is 9.43. The molecule has 0 bridgehead atoms. The summed E-state index contributed by atoms with van der Waals surface area (Å²) in [5, 5.41) is 45.2. The maximum atomic E-state index is 12.2. The average molecular weight is 447 g/mol. The zero-order valence-corrected chi connectivity index (χ0v) is 20.9. The van der Waals surface area contributed by atoms with Gasteiger partial charge in [-0.25, -0.2) is 0 Å². The number of fused-ring (bicyclic) bond motifs is 5. The molecule has 0 aromatic heterocycles. The van der Waals surface area contributed by atoms with E-state index in [0.717, 1.165) is 37.7 Å². The van der Waals surface area contributed by atoms with Crippen LogP contribution in [0.1, 0.15) is 92.4 Å². The Bertz CT molecular complexity index is 788. The minimum absolute atomic E-state index is 0.108. The fourth-order valence-electron chi connectivity index (χ4n) is 8.38. The summed E-state index contributed by atoms with van der Waals surface area (Å²) in [4.78, 5) is 0. The molecule has 32 heavy (non-hydrogen) atoms. The Labute approximate surface area is 194 Å². The molecular formula is C28H46O4. The minimum Gasteiger partial charge on any atom is -0.393 e. The van der Waals surface area contributed by atoms with Gasteiger partial charge in [-0.15, -0.1) is 0 Å². The molecule has 9 atom stereocenters. The van der Waals surface area contributed by atoms with Gasteiger partial charge in [0.2, 0.25) is 0 Å². The van der Waals surface area contributed by atoms with Crippen LogP contribution in [0.2, 0.25) is 0 Å². The number of rotatable bonds is 5. The molecule has 0 aromatic carbocycles. The summed E-state index contributed by atoms with van der Waals surface area (Å²) in [6.45, 7) is 15.4. The lowest BCUT2D eigenvalue weighted by Gasteiger charge is -2.65. The fraction of sp³-hybridized carbons (Fsp3) is 0.857. The van der Waals surface area contributed by atoms with Crippen LogP contribution in [0.5, 0.6) is 0 Å². The van der Waals surface area contributed by atoms with Crippen molar-refractivity contribution in [2.75, 3.05) is 0 Å². The molecule has 0 amide bonds. The van der Waals surface area contributed by atoms with Gasteiger partial charge in [-0.3, -0.25) is 0 Å². The van der Waals surface area contributed by atoms with Crippen molar-refractivity contribution < 1.29 is 20.4 Å². The Morgan fingerprint density at radius 3 is 2.41 bits per heavy atom. The lowest BCUT2D eigenvalue weighted by molar-refractivity contribution is -0.258. The van der Waals surface area contributed by atoms with Gasteiger partial charge in [-0.2, -0.15) is 0 Å². The third kappa shape index (κ3) is 3.23. The van der Waals surface area contributed by atoms with Gasteiger partial charge in [0.05, 0.1) is 11.7 Å². The van der Waals surface area contributed by atoms with E-state index in [1.165, 1.54) is 5.57 Å². The Hall–Kier alpha value is -0.680. The Kier molecular flexibility index (Phi) is 6.06. The van der Waals surface area contributed by atoms with E-state index < -0.39 is 28.8 Å². The highest BCUT2D eigenvalue weighted by atomic mass is 16.4. The van der Waals surface area contributed by atoms with Crippen molar-refractivity contribution >= 4 is 0 Å². The number of hydrogen-bond acceptors (Lipinski definition) is 4. The highest BCUT2D eigenvalue weighted by molar-refractivity contribution is 5.40. The van der Waals surface area contributed by atoms with Crippen molar-refractivity contribution in [3.8, 4) is 0 Å². The van der Waals surface area contributed by atoms with Gasteiger partial charge in [-0.05, 0) is 86.0 Å². The second-order valence-electron chi connectivity index (χ2n) is 12.7. The van der Waals surface area contributed by atoms with E-state index in [-0.39, 0.29) is 17.8 Å². The molecule has 0 aromatic rings. The third-order valence-corrected chi connectivity index (χ3v) is 10.9. The predicted octanol–water partition coefficient (Wildman–Crippen LogP) is 4.76.